The van der Waals surface area contributed by atoms with E-state index < -0.39 is 5.97 Å². The molecule has 1 aromatic rings. The van der Waals surface area contributed by atoms with Gasteiger partial charge in [-0.15, -0.1) is 0 Å². The number of ether oxygens (including phenoxy) is 1. The lowest BCUT2D eigenvalue weighted by Crippen LogP contribution is -2.25. The Balaban J connectivity index is 1.96. The Morgan fingerprint density at radius 1 is 1.33 bits per heavy atom. The van der Waals surface area contributed by atoms with E-state index in [2.05, 4.69) is 5.32 Å². The molecule has 0 aliphatic carbocycles. The van der Waals surface area contributed by atoms with Gasteiger partial charge in [0.1, 0.15) is 0 Å². The second kappa shape index (κ2) is 6.39. The van der Waals surface area contributed by atoms with Crippen molar-refractivity contribution in [2.45, 2.75) is 13.3 Å². The van der Waals surface area contributed by atoms with E-state index in [-0.39, 0.29) is 24.2 Å². The number of nitrogens with zero attached hydrogens (tertiary/aromatic N) is 1. The van der Waals surface area contributed by atoms with Crippen LogP contribution in [0.15, 0.2) is 24.3 Å². The molecular weight excluding hydrogens is 272 g/mol. The molecule has 0 radical (unpaired) electrons. The lowest BCUT2D eigenvalue weighted by Gasteiger charge is -2.11. The van der Waals surface area contributed by atoms with E-state index >= 15 is 0 Å². The maximum Gasteiger partial charge on any atom is 0.338 e. The molecule has 2 rings (SSSR count). The van der Waals surface area contributed by atoms with E-state index in [9.17, 15) is 14.4 Å². The zero-order valence-corrected chi connectivity index (χ0v) is 12.1. The number of anilines is 1. The van der Waals surface area contributed by atoms with Crippen molar-refractivity contribution in [1.82, 2.24) is 4.90 Å². The quantitative estimate of drug-likeness (QED) is 0.848. The van der Waals surface area contributed by atoms with Crippen LogP contribution < -0.4 is 5.32 Å². The van der Waals surface area contributed by atoms with Crippen molar-refractivity contribution in [3.63, 3.8) is 0 Å². The number of carbonyl (C=O) groups excluding carboxylic acids is 3. The molecule has 112 valence electrons. The molecule has 0 saturated carbocycles. The number of hydrogen-bond donors (Lipinski definition) is 1. The second-order valence-corrected chi connectivity index (χ2v) is 4.96. The summed E-state index contributed by atoms with van der Waals surface area (Å²) in [5.74, 6) is -0.921. The molecule has 0 aromatic heterocycles. The van der Waals surface area contributed by atoms with Gasteiger partial charge in [0, 0.05) is 25.7 Å². The lowest BCUT2D eigenvalue weighted by atomic mass is 10.1. The summed E-state index contributed by atoms with van der Waals surface area (Å²) >= 11 is 0. The molecule has 0 spiro atoms. The topological polar surface area (TPSA) is 75.7 Å². The maximum absolute atomic E-state index is 12.0. The minimum absolute atomic E-state index is 0.0205. The third kappa shape index (κ3) is 3.59. The van der Waals surface area contributed by atoms with Crippen LogP contribution in [0.25, 0.3) is 0 Å². The van der Waals surface area contributed by atoms with Crippen LogP contribution in [0.5, 0.6) is 0 Å². The van der Waals surface area contributed by atoms with Crippen molar-refractivity contribution in [3.8, 4) is 0 Å². The van der Waals surface area contributed by atoms with Crippen LogP contribution in [0, 0.1) is 5.92 Å². The smallest absolute Gasteiger partial charge is 0.338 e. The van der Waals surface area contributed by atoms with Gasteiger partial charge < -0.3 is 15.0 Å². The minimum Gasteiger partial charge on any atom is -0.462 e. The number of rotatable bonds is 4. The van der Waals surface area contributed by atoms with E-state index in [0.717, 1.165) is 0 Å². The number of carbonyl (C=O) groups is 3. The summed E-state index contributed by atoms with van der Waals surface area (Å²) in [7, 11) is 1.68. The summed E-state index contributed by atoms with van der Waals surface area (Å²) in [5, 5.41) is 2.75. The van der Waals surface area contributed by atoms with Gasteiger partial charge in [-0.2, -0.15) is 0 Å². The van der Waals surface area contributed by atoms with Crippen molar-refractivity contribution in [3.05, 3.63) is 29.8 Å². The highest BCUT2D eigenvalue weighted by Gasteiger charge is 2.32. The van der Waals surface area contributed by atoms with E-state index in [1.54, 1.807) is 43.1 Å². The Labute approximate surface area is 123 Å². The van der Waals surface area contributed by atoms with Crippen LogP contribution in [0.4, 0.5) is 5.69 Å². The van der Waals surface area contributed by atoms with E-state index in [0.29, 0.717) is 24.4 Å². The first-order chi connectivity index (χ1) is 10.0. The van der Waals surface area contributed by atoms with Crippen LogP contribution in [0.2, 0.25) is 0 Å². The van der Waals surface area contributed by atoms with Crippen LogP contribution in [0.3, 0.4) is 0 Å². The molecule has 1 aromatic carbocycles. The molecule has 1 aliphatic rings. The van der Waals surface area contributed by atoms with E-state index in [1.165, 1.54) is 0 Å². The first kappa shape index (κ1) is 15.0. The van der Waals surface area contributed by atoms with Gasteiger partial charge in [-0.25, -0.2) is 4.79 Å². The van der Waals surface area contributed by atoms with Crippen molar-refractivity contribution in [2.24, 2.45) is 5.92 Å². The number of hydrogen-bond acceptors (Lipinski definition) is 4. The molecule has 1 saturated heterocycles. The molecule has 1 heterocycles. The van der Waals surface area contributed by atoms with Gasteiger partial charge in [0.2, 0.25) is 11.8 Å². The van der Waals surface area contributed by atoms with Crippen LogP contribution in [-0.2, 0) is 14.3 Å². The van der Waals surface area contributed by atoms with Crippen molar-refractivity contribution < 1.29 is 19.1 Å². The molecule has 1 unspecified atom stereocenters. The van der Waals surface area contributed by atoms with Gasteiger partial charge in [-0.05, 0) is 31.2 Å². The lowest BCUT2D eigenvalue weighted by molar-refractivity contribution is -0.127. The van der Waals surface area contributed by atoms with Crippen LogP contribution in [0.1, 0.15) is 23.7 Å². The monoisotopic (exact) mass is 290 g/mol. The molecule has 0 bridgehead atoms. The van der Waals surface area contributed by atoms with Crippen molar-refractivity contribution in [2.75, 3.05) is 25.5 Å². The van der Waals surface area contributed by atoms with Gasteiger partial charge in [-0.1, -0.05) is 0 Å². The van der Waals surface area contributed by atoms with Crippen LogP contribution >= 0.6 is 0 Å². The summed E-state index contributed by atoms with van der Waals surface area (Å²) in [6.45, 7) is 2.50. The SMILES string of the molecule is CCOC(=O)c1ccc(NC(=O)C2CC(=O)N(C)C2)cc1. The number of benzene rings is 1. The summed E-state index contributed by atoms with van der Waals surface area (Å²) in [6, 6.07) is 6.48. The third-order valence-electron chi connectivity index (χ3n) is 3.38. The first-order valence-corrected chi connectivity index (χ1v) is 6.83. The van der Waals surface area contributed by atoms with E-state index in [1.807, 2.05) is 0 Å². The number of amides is 2. The van der Waals surface area contributed by atoms with Crippen molar-refractivity contribution in [1.29, 1.82) is 0 Å². The van der Waals surface area contributed by atoms with Gasteiger partial charge in [0.05, 0.1) is 18.1 Å². The zero-order valence-electron chi connectivity index (χ0n) is 12.1. The Bertz CT molecular complexity index is 553. The molecule has 1 atom stereocenters. The van der Waals surface area contributed by atoms with Gasteiger partial charge in [-0.3, -0.25) is 9.59 Å². The molecule has 1 N–H and O–H groups in total. The number of esters is 1. The van der Waals surface area contributed by atoms with Gasteiger partial charge in [0.25, 0.3) is 0 Å². The molecule has 1 aliphatic heterocycles. The van der Waals surface area contributed by atoms with Crippen LogP contribution in [-0.4, -0.2) is 42.9 Å². The fourth-order valence-corrected chi connectivity index (χ4v) is 2.19. The Morgan fingerprint density at radius 2 is 2.00 bits per heavy atom. The first-order valence-electron chi connectivity index (χ1n) is 6.83. The van der Waals surface area contributed by atoms with Crippen molar-refractivity contribution >= 4 is 23.5 Å². The Hall–Kier alpha value is -2.37. The normalized spacial score (nSPS) is 17.7. The molecule has 2 amide bonds. The molecule has 6 nitrogen and oxygen atoms in total. The van der Waals surface area contributed by atoms with E-state index in [4.69, 9.17) is 4.74 Å². The standard InChI is InChI=1S/C15H18N2O4/c1-3-21-15(20)10-4-6-12(7-5-10)16-14(19)11-8-13(18)17(2)9-11/h4-7,11H,3,8-9H2,1-2H3,(H,16,19). The fourth-order valence-electron chi connectivity index (χ4n) is 2.19. The Kier molecular flexibility index (Phi) is 4.57. The summed E-state index contributed by atoms with van der Waals surface area (Å²) in [5.41, 5.74) is 1.03. The predicted octanol–water partition coefficient (Wildman–Crippen LogP) is 1.28. The molecule has 21 heavy (non-hydrogen) atoms. The highest BCUT2D eigenvalue weighted by atomic mass is 16.5. The van der Waals surface area contributed by atoms with Gasteiger partial charge in [0.15, 0.2) is 0 Å². The summed E-state index contributed by atoms with van der Waals surface area (Å²) in [6.07, 6.45) is 0.239. The Morgan fingerprint density at radius 3 is 2.52 bits per heavy atom. The molecule has 1 fully saturated rings. The second-order valence-electron chi connectivity index (χ2n) is 4.96. The molecule has 6 heteroatoms. The maximum atomic E-state index is 12.0. The summed E-state index contributed by atoms with van der Waals surface area (Å²) < 4.78 is 4.88. The number of likely N-dealkylation sites (tertiary alicyclic amines) is 1. The predicted molar refractivity (Wildman–Crippen MR) is 76.8 cm³/mol. The largest absolute Gasteiger partial charge is 0.462 e. The average Bonchev–Trinajstić information content (AvgIpc) is 2.80. The average molecular weight is 290 g/mol. The highest BCUT2D eigenvalue weighted by Crippen LogP contribution is 2.19. The van der Waals surface area contributed by atoms with Gasteiger partial charge >= 0.3 is 5.97 Å². The number of nitrogens with one attached hydrogen (secondary N) is 1. The molecular formula is C15H18N2O4. The summed E-state index contributed by atoms with van der Waals surface area (Å²) in [4.78, 5) is 36.5. The fraction of sp³-hybridized carbons (Fsp3) is 0.400. The minimum atomic E-state index is -0.390. The highest BCUT2D eigenvalue weighted by molar-refractivity contribution is 5.97. The zero-order chi connectivity index (χ0) is 15.4. The third-order valence-corrected chi connectivity index (χ3v) is 3.38.